The summed E-state index contributed by atoms with van der Waals surface area (Å²) in [7, 11) is 1.55. The zero-order valence-corrected chi connectivity index (χ0v) is 19.1. The molecule has 0 aliphatic heterocycles. The molecule has 0 saturated carbocycles. The van der Waals surface area contributed by atoms with Gasteiger partial charge in [-0.05, 0) is 62.7 Å². The summed E-state index contributed by atoms with van der Waals surface area (Å²) in [5, 5.41) is 11.7. The van der Waals surface area contributed by atoms with Crippen LogP contribution in [-0.2, 0) is 4.74 Å². The van der Waals surface area contributed by atoms with Crippen LogP contribution in [0.4, 0.5) is 10.5 Å². The molecule has 8 heteroatoms. The average Bonchev–Trinajstić information content (AvgIpc) is 3.30. The van der Waals surface area contributed by atoms with Gasteiger partial charge in [0.25, 0.3) is 0 Å². The molecule has 8 nitrogen and oxygen atoms in total. The molecule has 33 heavy (non-hydrogen) atoms. The van der Waals surface area contributed by atoms with E-state index in [2.05, 4.69) is 0 Å². The summed E-state index contributed by atoms with van der Waals surface area (Å²) in [5.74, 6) is 0.316. The molecule has 0 aliphatic carbocycles. The summed E-state index contributed by atoms with van der Waals surface area (Å²) in [6.45, 7) is 4.89. The Labute approximate surface area is 192 Å². The van der Waals surface area contributed by atoms with Crippen LogP contribution < -0.4 is 9.64 Å². The summed E-state index contributed by atoms with van der Waals surface area (Å²) >= 11 is 0. The van der Waals surface area contributed by atoms with Gasteiger partial charge in [0.05, 0.1) is 19.3 Å². The van der Waals surface area contributed by atoms with Gasteiger partial charge in [-0.15, -0.1) is 0 Å². The third-order valence-electron chi connectivity index (χ3n) is 5.01. The molecule has 1 amide bonds. The number of nitro groups is 1. The first kappa shape index (κ1) is 23.8. The highest BCUT2D eigenvalue weighted by atomic mass is 16.6. The Morgan fingerprint density at radius 1 is 1.06 bits per heavy atom. The fourth-order valence-electron chi connectivity index (χ4n) is 3.65. The van der Waals surface area contributed by atoms with Crippen LogP contribution in [0, 0.1) is 10.1 Å². The van der Waals surface area contributed by atoms with Crippen LogP contribution in [0.15, 0.2) is 77.4 Å². The number of ether oxygens (including phenoxy) is 2. The Bertz CT molecular complexity index is 1040. The van der Waals surface area contributed by atoms with Gasteiger partial charge >= 0.3 is 6.09 Å². The van der Waals surface area contributed by atoms with Gasteiger partial charge in [0, 0.05) is 10.6 Å². The number of anilines is 1. The van der Waals surface area contributed by atoms with Gasteiger partial charge in [0.15, 0.2) is 0 Å². The number of benzene rings is 2. The summed E-state index contributed by atoms with van der Waals surface area (Å²) < 4.78 is 16.7. The first-order valence-electron chi connectivity index (χ1n) is 10.6. The van der Waals surface area contributed by atoms with Crippen LogP contribution in [0.25, 0.3) is 0 Å². The SMILES string of the molecule is COc1ccc(N(C(=O)OC(C)(C)C)[C@H](c2ccco2)[C@H](C[N+](=O)[O-])c2ccccc2)cc1. The zero-order chi connectivity index (χ0) is 24.0. The average molecular weight is 453 g/mol. The molecule has 0 N–H and O–H groups in total. The molecular weight excluding hydrogens is 424 g/mol. The number of carbonyl (C=O) groups is 1. The van der Waals surface area contributed by atoms with Crippen LogP contribution >= 0.6 is 0 Å². The maximum Gasteiger partial charge on any atom is 0.415 e. The summed E-state index contributed by atoms with van der Waals surface area (Å²) in [6, 6.07) is 18.5. The lowest BCUT2D eigenvalue weighted by molar-refractivity contribution is -0.484. The zero-order valence-electron chi connectivity index (χ0n) is 19.1. The molecule has 1 aromatic heterocycles. The van der Waals surface area contributed by atoms with Crippen molar-refractivity contribution in [2.45, 2.75) is 38.3 Å². The first-order valence-corrected chi connectivity index (χ1v) is 10.6. The number of hydrogen-bond donors (Lipinski definition) is 0. The Kier molecular flexibility index (Phi) is 7.37. The highest BCUT2D eigenvalue weighted by Gasteiger charge is 2.40. The minimum Gasteiger partial charge on any atom is -0.497 e. The number of methoxy groups -OCH3 is 1. The number of furan rings is 1. The van der Waals surface area contributed by atoms with Crippen LogP contribution in [0.3, 0.4) is 0 Å². The van der Waals surface area contributed by atoms with Crippen molar-refractivity contribution in [3.8, 4) is 5.75 Å². The Balaban J connectivity index is 2.20. The van der Waals surface area contributed by atoms with Gasteiger partial charge in [-0.2, -0.15) is 0 Å². The number of rotatable bonds is 8. The molecule has 3 aromatic rings. The van der Waals surface area contributed by atoms with Gasteiger partial charge in [-0.25, -0.2) is 4.79 Å². The van der Waals surface area contributed by atoms with Gasteiger partial charge in [0.2, 0.25) is 6.54 Å². The number of nitrogens with zero attached hydrogens (tertiary/aromatic N) is 2. The van der Waals surface area contributed by atoms with E-state index in [1.54, 1.807) is 64.3 Å². The predicted octanol–water partition coefficient (Wildman–Crippen LogP) is 5.83. The topological polar surface area (TPSA) is 95.0 Å². The van der Waals surface area contributed by atoms with E-state index >= 15 is 0 Å². The van der Waals surface area contributed by atoms with E-state index in [-0.39, 0.29) is 4.92 Å². The minimum absolute atomic E-state index is 0.380. The van der Waals surface area contributed by atoms with Gasteiger partial charge in [-0.1, -0.05) is 30.3 Å². The van der Waals surface area contributed by atoms with Crippen molar-refractivity contribution in [2.75, 3.05) is 18.6 Å². The predicted molar refractivity (Wildman–Crippen MR) is 124 cm³/mol. The molecule has 0 unspecified atom stereocenters. The monoisotopic (exact) mass is 452 g/mol. The van der Waals surface area contributed by atoms with Crippen LogP contribution in [0.2, 0.25) is 0 Å². The Hall–Kier alpha value is -3.81. The first-order chi connectivity index (χ1) is 15.7. The summed E-state index contributed by atoms with van der Waals surface area (Å²) in [4.78, 5) is 26.3. The summed E-state index contributed by atoms with van der Waals surface area (Å²) in [5.41, 5.74) is 0.425. The van der Waals surface area contributed by atoms with Crippen molar-refractivity contribution in [3.05, 3.63) is 94.4 Å². The van der Waals surface area contributed by atoms with Crippen molar-refractivity contribution in [2.24, 2.45) is 0 Å². The van der Waals surface area contributed by atoms with E-state index in [1.807, 2.05) is 30.3 Å². The molecule has 0 radical (unpaired) electrons. The van der Waals surface area contributed by atoms with Crippen molar-refractivity contribution in [3.63, 3.8) is 0 Å². The standard InChI is InChI=1S/C25H28N2O6/c1-25(2,3)33-24(28)27(19-12-14-20(31-4)15-13-19)23(22-11-8-16-32-22)21(17-26(29)30)18-9-6-5-7-10-18/h5-16,21,23H,17H2,1-4H3/t21-,23+/m1/s1. The molecule has 174 valence electrons. The molecular formula is C25H28N2O6. The van der Waals surface area contributed by atoms with E-state index in [0.717, 1.165) is 0 Å². The number of amides is 1. The fourth-order valence-corrected chi connectivity index (χ4v) is 3.65. The second kappa shape index (κ2) is 10.2. The second-order valence-corrected chi connectivity index (χ2v) is 8.54. The third-order valence-corrected chi connectivity index (χ3v) is 5.01. The van der Waals surface area contributed by atoms with Crippen molar-refractivity contribution in [1.29, 1.82) is 0 Å². The normalized spacial score (nSPS) is 13.1. The number of hydrogen-bond acceptors (Lipinski definition) is 6. The Morgan fingerprint density at radius 3 is 2.24 bits per heavy atom. The van der Waals surface area contributed by atoms with E-state index in [0.29, 0.717) is 22.8 Å². The molecule has 0 bridgehead atoms. The molecule has 0 aliphatic rings. The van der Waals surface area contributed by atoms with E-state index in [4.69, 9.17) is 13.9 Å². The van der Waals surface area contributed by atoms with Gasteiger partial charge < -0.3 is 13.9 Å². The fraction of sp³-hybridized carbons (Fsp3) is 0.320. The van der Waals surface area contributed by atoms with Crippen molar-refractivity contribution < 1.29 is 23.6 Å². The van der Waals surface area contributed by atoms with Gasteiger partial charge in [-0.3, -0.25) is 15.0 Å². The second-order valence-electron chi connectivity index (χ2n) is 8.54. The summed E-state index contributed by atoms with van der Waals surface area (Å²) in [6.07, 6.45) is 0.844. The smallest absolute Gasteiger partial charge is 0.415 e. The van der Waals surface area contributed by atoms with Crippen molar-refractivity contribution in [1.82, 2.24) is 0 Å². The van der Waals surface area contributed by atoms with E-state index < -0.39 is 30.2 Å². The van der Waals surface area contributed by atoms with Crippen LogP contribution in [0.1, 0.15) is 44.1 Å². The molecule has 0 spiro atoms. The largest absolute Gasteiger partial charge is 0.497 e. The highest BCUT2D eigenvalue weighted by Crippen LogP contribution is 2.40. The quantitative estimate of drug-likeness (QED) is 0.315. The maximum atomic E-state index is 13.5. The maximum absolute atomic E-state index is 13.5. The lowest BCUT2D eigenvalue weighted by Gasteiger charge is -2.36. The minimum atomic E-state index is -0.837. The third kappa shape index (κ3) is 6.12. The molecule has 0 saturated heterocycles. The van der Waals surface area contributed by atoms with Crippen LogP contribution in [-0.4, -0.2) is 30.3 Å². The van der Waals surface area contributed by atoms with E-state index in [9.17, 15) is 14.9 Å². The molecule has 1 heterocycles. The van der Waals surface area contributed by atoms with Crippen molar-refractivity contribution >= 4 is 11.8 Å². The highest BCUT2D eigenvalue weighted by molar-refractivity contribution is 5.89. The molecule has 3 rings (SSSR count). The van der Waals surface area contributed by atoms with E-state index in [1.165, 1.54) is 11.2 Å². The number of carbonyl (C=O) groups excluding carboxylic acids is 1. The molecule has 2 aromatic carbocycles. The van der Waals surface area contributed by atoms with Crippen LogP contribution in [0.5, 0.6) is 5.75 Å². The molecule has 2 atom stereocenters. The Morgan fingerprint density at radius 2 is 1.73 bits per heavy atom. The molecule has 0 fully saturated rings. The lowest BCUT2D eigenvalue weighted by atomic mass is 9.88. The van der Waals surface area contributed by atoms with Gasteiger partial charge in [0.1, 0.15) is 23.2 Å². The lowest BCUT2D eigenvalue weighted by Crippen LogP contribution is -2.42.